The van der Waals surface area contributed by atoms with Crippen LogP contribution in [0.5, 0.6) is 0 Å². The topological polar surface area (TPSA) is 46.0 Å². The number of anilines is 1. The summed E-state index contributed by atoms with van der Waals surface area (Å²) in [5.41, 5.74) is 5.01. The van der Waals surface area contributed by atoms with Crippen LogP contribution in [0.4, 0.5) is 5.69 Å². The molecular formula is C22H23N5. The number of fused-ring (bicyclic) bond motifs is 1. The fraction of sp³-hybridized carbons (Fsp3) is 0.182. The molecule has 5 nitrogen and oxygen atoms in total. The molecule has 0 unspecified atom stereocenters. The predicted octanol–water partition coefficient (Wildman–Crippen LogP) is 4.06. The van der Waals surface area contributed by atoms with Crippen LogP contribution in [0.15, 0.2) is 72.9 Å². The average Bonchev–Trinajstić information content (AvgIpc) is 3.09. The van der Waals surface area contributed by atoms with Gasteiger partial charge in [-0.25, -0.2) is 9.67 Å². The maximum atomic E-state index is 4.87. The van der Waals surface area contributed by atoms with Crippen LogP contribution in [0.2, 0.25) is 0 Å². The van der Waals surface area contributed by atoms with Gasteiger partial charge in [0.2, 0.25) is 0 Å². The van der Waals surface area contributed by atoms with Gasteiger partial charge in [0, 0.05) is 35.9 Å². The van der Waals surface area contributed by atoms with Crippen LogP contribution in [0.3, 0.4) is 0 Å². The van der Waals surface area contributed by atoms with E-state index in [0.717, 1.165) is 46.8 Å². The average molecular weight is 357 g/mol. The Morgan fingerprint density at radius 1 is 0.926 bits per heavy atom. The van der Waals surface area contributed by atoms with Gasteiger partial charge in [-0.2, -0.15) is 5.10 Å². The van der Waals surface area contributed by atoms with Crippen LogP contribution in [0.25, 0.3) is 28.0 Å². The van der Waals surface area contributed by atoms with E-state index in [1.165, 1.54) is 0 Å². The number of hydrogen-bond donors (Lipinski definition) is 1. The number of rotatable bonds is 6. The van der Waals surface area contributed by atoms with Crippen molar-refractivity contribution < 1.29 is 0 Å². The van der Waals surface area contributed by atoms with E-state index in [1.807, 2.05) is 35.1 Å². The number of nitrogens with one attached hydrogen (secondary N) is 1. The summed E-state index contributed by atoms with van der Waals surface area (Å²) in [5.74, 6) is 0. The fourth-order valence-electron chi connectivity index (χ4n) is 3.09. The van der Waals surface area contributed by atoms with E-state index >= 15 is 0 Å². The van der Waals surface area contributed by atoms with E-state index in [-0.39, 0.29) is 0 Å². The van der Waals surface area contributed by atoms with Gasteiger partial charge < -0.3 is 10.2 Å². The minimum atomic E-state index is 0.865. The number of hydrogen-bond acceptors (Lipinski definition) is 4. The van der Waals surface area contributed by atoms with E-state index < -0.39 is 0 Å². The minimum absolute atomic E-state index is 0.865. The molecule has 0 aliphatic rings. The maximum Gasteiger partial charge on any atom is 0.163 e. The Balaban J connectivity index is 1.68. The van der Waals surface area contributed by atoms with Gasteiger partial charge in [-0.1, -0.05) is 30.3 Å². The zero-order chi connectivity index (χ0) is 18.6. The highest BCUT2D eigenvalue weighted by atomic mass is 15.3. The van der Waals surface area contributed by atoms with Crippen LogP contribution >= 0.6 is 0 Å². The van der Waals surface area contributed by atoms with Crippen LogP contribution in [-0.4, -0.2) is 46.8 Å². The molecule has 0 atom stereocenters. The largest absolute Gasteiger partial charge is 0.384 e. The lowest BCUT2D eigenvalue weighted by molar-refractivity contribution is 0.425. The van der Waals surface area contributed by atoms with Gasteiger partial charge in [0.25, 0.3) is 0 Å². The molecule has 1 N–H and O–H groups in total. The van der Waals surface area contributed by atoms with Crippen molar-refractivity contribution in [1.82, 2.24) is 19.7 Å². The van der Waals surface area contributed by atoms with Crippen molar-refractivity contribution in [2.75, 3.05) is 32.5 Å². The molecule has 2 aromatic heterocycles. The van der Waals surface area contributed by atoms with Crippen LogP contribution < -0.4 is 5.32 Å². The van der Waals surface area contributed by atoms with Gasteiger partial charge in [0.05, 0.1) is 5.69 Å². The Morgan fingerprint density at radius 3 is 2.44 bits per heavy atom. The SMILES string of the molecule is CN(C)CCNc1ccc(-n2nc(-c3ccccc3)c3cccnc32)cc1. The molecule has 0 saturated heterocycles. The van der Waals surface area contributed by atoms with Crippen LogP contribution in [-0.2, 0) is 0 Å². The summed E-state index contributed by atoms with van der Waals surface area (Å²) >= 11 is 0. The summed E-state index contributed by atoms with van der Waals surface area (Å²) in [6, 6.07) is 22.6. The Morgan fingerprint density at radius 2 is 1.70 bits per heavy atom. The lowest BCUT2D eigenvalue weighted by atomic mass is 10.1. The second-order valence-corrected chi connectivity index (χ2v) is 6.78. The molecule has 0 spiro atoms. The van der Waals surface area contributed by atoms with Gasteiger partial charge in [-0.3, -0.25) is 0 Å². The Kier molecular flexibility index (Phi) is 4.85. The molecule has 27 heavy (non-hydrogen) atoms. The Bertz CT molecular complexity index is 1020. The van der Waals surface area contributed by atoms with Crippen molar-refractivity contribution >= 4 is 16.7 Å². The summed E-state index contributed by atoms with van der Waals surface area (Å²) in [7, 11) is 4.15. The number of benzene rings is 2. The molecule has 4 aromatic rings. The molecule has 136 valence electrons. The fourth-order valence-corrected chi connectivity index (χ4v) is 3.09. The van der Waals surface area contributed by atoms with Crippen molar-refractivity contribution in [3.05, 3.63) is 72.9 Å². The van der Waals surface area contributed by atoms with Crippen LogP contribution in [0.1, 0.15) is 0 Å². The second kappa shape index (κ2) is 7.60. The highest BCUT2D eigenvalue weighted by Crippen LogP contribution is 2.28. The highest BCUT2D eigenvalue weighted by Gasteiger charge is 2.14. The van der Waals surface area contributed by atoms with Gasteiger partial charge in [-0.05, 0) is 50.5 Å². The van der Waals surface area contributed by atoms with Crippen molar-refractivity contribution in [3.63, 3.8) is 0 Å². The molecule has 0 amide bonds. The van der Waals surface area contributed by atoms with E-state index in [9.17, 15) is 0 Å². The summed E-state index contributed by atoms with van der Waals surface area (Å²) in [4.78, 5) is 6.74. The molecule has 0 saturated carbocycles. The molecule has 0 bridgehead atoms. The van der Waals surface area contributed by atoms with E-state index in [2.05, 4.69) is 71.8 Å². The molecule has 0 fully saturated rings. The summed E-state index contributed by atoms with van der Waals surface area (Å²) in [5, 5.41) is 9.36. The third-order valence-electron chi connectivity index (χ3n) is 4.49. The molecule has 2 aromatic carbocycles. The summed E-state index contributed by atoms with van der Waals surface area (Å²) in [6.07, 6.45) is 1.81. The summed E-state index contributed by atoms with van der Waals surface area (Å²) in [6.45, 7) is 1.91. The Labute approximate surface area is 159 Å². The number of aromatic nitrogens is 3. The van der Waals surface area contributed by atoms with Crippen molar-refractivity contribution in [2.24, 2.45) is 0 Å². The van der Waals surface area contributed by atoms with Gasteiger partial charge >= 0.3 is 0 Å². The van der Waals surface area contributed by atoms with Gasteiger partial charge in [0.15, 0.2) is 5.65 Å². The maximum absolute atomic E-state index is 4.87. The first-order valence-corrected chi connectivity index (χ1v) is 9.10. The van der Waals surface area contributed by atoms with Gasteiger partial charge in [-0.15, -0.1) is 0 Å². The first kappa shape index (κ1) is 17.2. The number of likely N-dealkylation sites (N-methyl/N-ethyl adjacent to an activating group) is 1. The standard InChI is InChI=1S/C22H23N5/c1-26(2)16-15-23-18-10-12-19(13-11-18)27-22-20(9-6-14-24-22)21(25-27)17-7-4-3-5-8-17/h3-14,23H,15-16H2,1-2H3. The minimum Gasteiger partial charge on any atom is -0.384 e. The van der Waals surface area contributed by atoms with E-state index in [0.29, 0.717) is 0 Å². The van der Waals surface area contributed by atoms with Crippen molar-refractivity contribution in [3.8, 4) is 16.9 Å². The zero-order valence-electron chi connectivity index (χ0n) is 15.6. The molecule has 0 aliphatic heterocycles. The predicted molar refractivity (Wildman–Crippen MR) is 111 cm³/mol. The van der Waals surface area contributed by atoms with Gasteiger partial charge in [0.1, 0.15) is 5.69 Å². The lowest BCUT2D eigenvalue weighted by Crippen LogP contribution is -2.20. The molecule has 0 aliphatic carbocycles. The van der Waals surface area contributed by atoms with E-state index in [1.54, 1.807) is 0 Å². The molecule has 5 heteroatoms. The first-order chi connectivity index (χ1) is 13.2. The van der Waals surface area contributed by atoms with Crippen LogP contribution in [0, 0.1) is 0 Å². The third-order valence-corrected chi connectivity index (χ3v) is 4.49. The zero-order valence-corrected chi connectivity index (χ0v) is 15.6. The molecule has 0 radical (unpaired) electrons. The number of nitrogens with zero attached hydrogens (tertiary/aromatic N) is 4. The van der Waals surface area contributed by atoms with Crippen molar-refractivity contribution in [2.45, 2.75) is 0 Å². The highest BCUT2D eigenvalue weighted by molar-refractivity contribution is 5.91. The smallest absolute Gasteiger partial charge is 0.163 e. The molecular weight excluding hydrogens is 334 g/mol. The molecule has 4 rings (SSSR count). The molecule has 2 heterocycles. The van der Waals surface area contributed by atoms with Crippen molar-refractivity contribution in [1.29, 1.82) is 0 Å². The first-order valence-electron chi connectivity index (χ1n) is 9.10. The lowest BCUT2D eigenvalue weighted by Gasteiger charge is -2.11. The quantitative estimate of drug-likeness (QED) is 0.565. The Hall–Kier alpha value is -3.18. The monoisotopic (exact) mass is 357 g/mol. The van der Waals surface area contributed by atoms with E-state index in [4.69, 9.17) is 5.10 Å². The third kappa shape index (κ3) is 3.68. The second-order valence-electron chi connectivity index (χ2n) is 6.78. The summed E-state index contributed by atoms with van der Waals surface area (Å²) < 4.78 is 1.92. The normalized spacial score (nSPS) is 11.2. The number of pyridine rings is 1.